The van der Waals surface area contributed by atoms with Gasteiger partial charge in [-0.3, -0.25) is 19.4 Å². The van der Waals surface area contributed by atoms with E-state index in [1.165, 1.54) is 6.92 Å². The van der Waals surface area contributed by atoms with Gasteiger partial charge in [0.25, 0.3) is 5.79 Å². The van der Waals surface area contributed by atoms with Crippen molar-refractivity contribution in [2.24, 2.45) is 10.5 Å². The second-order valence-corrected chi connectivity index (χ2v) is 9.73. The molecule has 2 aromatic rings. The summed E-state index contributed by atoms with van der Waals surface area (Å²) in [5.74, 6) is -2.96. The molecule has 35 heavy (non-hydrogen) atoms. The first-order valence-electron chi connectivity index (χ1n) is 11.9. The number of ketones is 1. The lowest BCUT2D eigenvalue weighted by atomic mass is 9.65. The van der Waals surface area contributed by atoms with E-state index in [9.17, 15) is 14.4 Å². The van der Waals surface area contributed by atoms with Crippen LogP contribution in [0.15, 0.2) is 53.6 Å². The van der Waals surface area contributed by atoms with Gasteiger partial charge in [-0.05, 0) is 48.6 Å². The van der Waals surface area contributed by atoms with Gasteiger partial charge in [-0.1, -0.05) is 36.4 Å². The number of benzene rings is 2. The highest BCUT2D eigenvalue weighted by atomic mass is 16.7. The monoisotopic (exact) mass is 474 g/mol. The van der Waals surface area contributed by atoms with Crippen molar-refractivity contribution in [1.82, 2.24) is 5.01 Å². The van der Waals surface area contributed by atoms with Gasteiger partial charge in [-0.15, -0.1) is 0 Å². The Bertz CT molecular complexity index is 1230. The smallest absolute Gasteiger partial charge is 0.330 e. The van der Waals surface area contributed by atoms with Crippen molar-refractivity contribution < 1.29 is 28.6 Å². The average Bonchev–Trinajstić information content (AvgIpc) is 3.44. The molecule has 3 fully saturated rings. The number of esters is 2. The Labute approximate surface area is 202 Å². The molecule has 3 atom stereocenters. The number of ether oxygens (including phenoxy) is 3. The van der Waals surface area contributed by atoms with E-state index in [1.54, 1.807) is 42.6 Å². The minimum atomic E-state index is -1.80. The molecule has 0 aromatic heterocycles. The normalized spacial score (nSPS) is 27.4. The number of carbonyl (C=O) groups is 3. The van der Waals surface area contributed by atoms with Gasteiger partial charge in [-0.25, -0.2) is 0 Å². The van der Waals surface area contributed by atoms with Crippen LogP contribution in [0.5, 0.6) is 5.75 Å². The lowest BCUT2D eigenvalue weighted by Gasteiger charge is -2.45. The summed E-state index contributed by atoms with van der Waals surface area (Å²) in [5, 5.41) is 6.21. The van der Waals surface area contributed by atoms with Crippen molar-refractivity contribution in [3.63, 3.8) is 0 Å². The van der Waals surface area contributed by atoms with Gasteiger partial charge < -0.3 is 14.2 Å². The molecule has 0 unspecified atom stereocenters. The summed E-state index contributed by atoms with van der Waals surface area (Å²) < 4.78 is 17.4. The maximum Gasteiger partial charge on any atom is 0.330 e. The zero-order chi connectivity index (χ0) is 24.4. The summed E-state index contributed by atoms with van der Waals surface area (Å²) in [4.78, 5) is 41.5. The molecule has 0 radical (unpaired) electrons. The Morgan fingerprint density at radius 3 is 2.31 bits per heavy atom. The highest BCUT2D eigenvalue weighted by Crippen LogP contribution is 2.63. The summed E-state index contributed by atoms with van der Waals surface area (Å²) in [7, 11) is 1.56. The van der Waals surface area contributed by atoms with Crippen molar-refractivity contribution in [2.45, 2.75) is 56.4 Å². The third-order valence-corrected chi connectivity index (χ3v) is 7.90. The van der Waals surface area contributed by atoms with Crippen LogP contribution >= 0.6 is 0 Å². The molecule has 2 aromatic carbocycles. The molecule has 6 rings (SSSR count). The van der Waals surface area contributed by atoms with E-state index in [4.69, 9.17) is 14.2 Å². The lowest BCUT2D eigenvalue weighted by Crippen LogP contribution is -2.59. The first-order chi connectivity index (χ1) is 16.9. The highest BCUT2D eigenvalue weighted by molar-refractivity contribution is 6.07. The van der Waals surface area contributed by atoms with Crippen molar-refractivity contribution >= 4 is 23.9 Å². The number of hydrazone groups is 1. The van der Waals surface area contributed by atoms with Gasteiger partial charge in [0.05, 0.1) is 13.3 Å². The van der Waals surface area contributed by atoms with E-state index in [1.807, 2.05) is 24.3 Å². The van der Waals surface area contributed by atoms with Crippen LogP contribution in [-0.2, 0) is 23.9 Å². The molecule has 8 heteroatoms. The molecule has 1 saturated carbocycles. The van der Waals surface area contributed by atoms with Gasteiger partial charge >= 0.3 is 11.9 Å². The largest absolute Gasteiger partial charge is 0.497 e. The molecule has 2 saturated heterocycles. The minimum Gasteiger partial charge on any atom is -0.497 e. The van der Waals surface area contributed by atoms with Crippen molar-refractivity contribution in [3.8, 4) is 5.75 Å². The van der Waals surface area contributed by atoms with Crippen LogP contribution in [0.25, 0.3) is 0 Å². The molecule has 0 bridgehead atoms. The molecule has 8 nitrogen and oxygen atoms in total. The Hall–Kier alpha value is -3.68. The van der Waals surface area contributed by atoms with Crippen molar-refractivity contribution in [3.05, 3.63) is 65.2 Å². The summed E-state index contributed by atoms with van der Waals surface area (Å²) in [6.45, 7) is 1.46. The van der Waals surface area contributed by atoms with Crippen LogP contribution in [0, 0.1) is 5.41 Å². The fourth-order valence-electron chi connectivity index (χ4n) is 6.36. The zero-order valence-electron chi connectivity index (χ0n) is 19.6. The van der Waals surface area contributed by atoms with E-state index in [0.717, 1.165) is 24.0 Å². The summed E-state index contributed by atoms with van der Waals surface area (Å²) in [5.41, 5.74) is 0.366. The van der Waals surface area contributed by atoms with E-state index >= 15 is 0 Å². The number of hydrogen-bond acceptors (Lipinski definition) is 8. The summed E-state index contributed by atoms with van der Waals surface area (Å²) >= 11 is 0. The van der Waals surface area contributed by atoms with Crippen molar-refractivity contribution in [1.29, 1.82) is 0 Å². The number of methoxy groups -OCH3 is 1. The molecular formula is C27H26N2O6. The fraction of sp³-hybridized carbons (Fsp3) is 0.407. The second-order valence-electron chi connectivity index (χ2n) is 9.73. The maximum atomic E-state index is 14.2. The topological polar surface area (TPSA) is 94.5 Å². The molecule has 2 spiro atoms. The predicted octanol–water partition coefficient (Wildman–Crippen LogP) is 3.50. The van der Waals surface area contributed by atoms with Gasteiger partial charge in [0, 0.05) is 18.8 Å². The Morgan fingerprint density at radius 1 is 1.03 bits per heavy atom. The molecular weight excluding hydrogens is 448 g/mol. The molecule has 4 aliphatic rings. The first-order valence-corrected chi connectivity index (χ1v) is 11.9. The lowest BCUT2D eigenvalue weighted by molar-refractivity contribution is -0.263. The van der Waals surface area contributed by atoms with E-state index in [-0.39, 0.29) is 5.78 Å². The SMILES string of the molecule is COc1ccc([C@@H]2[C@H](C(C)=O)N3N=Cc4ccccc4[C@@H]3C23C(=O)OC2(CCCC2)OC3=O)cc1. The average molecular weight is 475 g/mol. The number of Topliss-reactive ketones (excluding diaryl/α,β-unsaturated/α-hetero) is 1. The van der Waals surface area contributed by atoms with Gasteiger partial charge in [0.1, 0.15) is 17.8 Å². The number of carbonyl (C=O) groups excluding carboxylic acids is 3. The Balaban J connectivity index is 1.60. The standard InChI is InChI=1S/C27H26N2O6/c1-16(30)22-21(17-9-11-19(33-2)12-10-17)27(23-20-8-4-3-7-18(20)15-28-29(22)23)24(31)34-26(35-25(27)32)13-5-6-14-26/h3-4,7-12,15,21-23H,5-6,13-14H2,1-2H3/t21-,22+,23-/m1/s1. The first kappa shape index (κ1) is 21.8. The minimum absolute atomic E-state index is 0.203. The molecule has 1 aliphatic carbocycles. The number of fused-ring (bicyclic) bond motifs is 4. The Morgan fingerprint density at radius 2 is 1.69 bits per heavy atom. The van der Waals surface area contributed by atoms with E-state index in [2.05, 4.69) is 5.10 Å². The third kappa shape index (κ3) is 2.92. The van der Waals surface area contributed by atoms with Gasteiger partial charge in [-0.2, -0.15) is 5.10 Å². The van der Waals surface area contributed by atoms with E-state index < -0.39 is 41.1 Å². The van der Waals surface area contributed by atoms with Crippen LogP contribution in [0.4, 0.5) is 0 Å². The number of nitrogens with zero attached hydrogens (tertiary/aromatic N) is 2. The maximum absolute atomic E-state index is 14.2. The van der Waals surface area contributed by atoms with E-state index in [0.29, 0.717) is 24.2 Å². The van der Waals surface area contributed by atoms with Gasteiger partial charge in [0.2, 0.25) is 5.41 Å². The number of hydrogen-bond donors (Lipinski definition) is 0. The Kier molecular flexibility index (Phi) is 4.78. The van der Waals surface area contributed by atoms with Gasteiger partial charge in [0.15, 0.2) is 5.78 Å². The van der Waals surface area contributed by atoms with Crippen molar-refractivity contribution in [2.75, 3.05) is 7.11 Å². The fourth-order valence-corrected chi connectivity index (χ4v) is 6.36. The zero-order valence-corrected chi connectivity index (χ0v) is 19.6. The molecule has 3 aliphatic heterocycles. The molecule has 3 heterocycles. The van der Waals surface area contributed by atoms with Crippen LogP contribution in [0.1, 0.15) is 61.3 Å². The predicted molar refractivity (Wildman–Crippen MR) is 125 cm³/mol. The molecule has 180 valence electrons. The van der Waals surface area contributed by atoms with Crippen LogP contribution in [0.3, 0.4) is 0 Å². The van der Waals surface area contributed by atoms with Crippen LogP contribution in [0.2, 0.25) is 0 Å². The second kappa shape index (κ2) is 7.66. The summed E-state index contributed by atoms with van der Waals surface area (Å²) in [6, 6.07) is 12.9. The molecule has 0 N–H and O–H groups in total. The molecule has 0 amide bonds. The highest BCUT2D eigenvalue weighted by Gasteiger charge is 2.75. The number of rotatable bonds is 3. The van der Waals surface area contributed by atoms with Crippen LogP contribution in [-0.4, -0.2) is 47.9 Å². The van der Waals surface area contributed by atoms with Crippen LogP contribution < -0.4 is 4.74 Å². The quantitative estimate of drug-likeness (QED) is 0.496. The third-order valence-electron chi connectivity index (χ3n) is 7.90. The summed E-state index contributed by atoms with van der Waals surface area (Å²) in [6.07, 6.45) is 4.26.